The maximum Gasteiger partial charge on any atom is 0.417 e. The van der Waals surface area contributed by atoms with Gasteiger partial charge in [-0.3, -0.25) is 9.69 Å². The summed E-state index contributed by atoms with van der Waals surface area (Å²) in [4.78, 5) is 15.2. The van der Waals surface area contributed by atoms with E-state index in [-0.39, 0.29) is 16.9 Å². The normalized spacial score (nSPS) is 14.5. The van der Waals surface area contributed by atoms with E-state index >= 15 is 0 Å². The van der Waals surface area contributed by atoms with Crippen molar-refractivity contribution in [2.45, 2.75) is 25.4 Å². The molecule has 3 aromatic rings. The highest BCUT2D eigenvalue weighted by Crippen LogP contribution is 2.40. The molecule has 1 heterocycles. The Kier molecular flexibility index (Phi) is 7.60. The maximum atomic E-state index is 14.0. The van der Waals surface area contributed by atoms with Crippen molar-refractivity contribution in [3.05, 3.63) is 77.9 Å². The number of nitrogens with zero attached hydrogens (tertiary/aromatic N) is 1. The first-order chi connectivity index (χ1) is 16.8. The fourth-order valence-corrected chi connectivity index (χ4v) is 4.24. The van der Waals surface area contributed by atoms with Crippen LogP contribution < -0.4 is 10.1 Å². The summed E-state index contributed by atoms with van der Waals surface area (Å²) in [6.07, 6.45) is -1.06. The van der Waals surface area contributed by atoms with E-state index in [9.17, 15) is 23.1 Å². The van der Waals surface area contributed by atoms with E-state index in [2.05, 4.69) is 10.2 Å². The monoisotopic (exact) mass is 484 g/mol. The van der Waals surface area contributed by atoms with Crippen LogP contribution in [-0.4, -0.2) is 42.2 Å². The van der Waals surface area contributed by atoms with E-state index < -0.39 is 23.2 Å². The summed E-state index contributed by atoms with van der Waals surface area (Å²) in [5.41, 5.74) is -1.04. The maximum absolute atomic E-state index is 14.0. The van der Waals surface area contributed by atoms with Gasteiger partial charge in [0, 0.05) is 12.2 Å². The smallest absolute Gasteiger partial charge is 0.417 e. The molecule has 4 rings (SSSR count). The Balaban J connectivity index is 1.46. The van der Waals surface area contributed by atoms with Crippen LogP contribution in [0.25, 0.3) is 11.1 Å². The van der Waals surface area contributed by atoms with Crippen molar-refractivity contribution in [3.63, 3.8) is 0 Å². The van der Waals surface area contributed by atoms with Gasteiger partial charge in [0.2, 0.25) is 0 Å². The van der Waals surface area contributed by atoms with Crippen LogP contribution >= 0.6 is 0 Å². The number of rotatable bonds is 7. The number of halogens is 3. The molecule has 2 N–H and O–H groups in total. The van der Waals surface area contributed by atoms with Gasteiger partial charge in [0.15, 0.2) is 0 Å². The lowest BCUT2D eigenvalue weighted by Crippen LogP contribution is -2.33. The van der Waals surface area contributed by atoms with E-state index in [1.807, 2.05) is 0 Å². The fourth-order valence-electron chi connectivity index (χ4n) is 4.24. The van der Waals surface area contributed by atoms with Crippen LogP contribution in [-0.2, 0) is 6.18 Å². The number of nitrogens with one attached hydrogen (secondary N) is 1. The summed E-state index contributed by atoms with van der Waals surface area (Å²) in [6.45, 7) is 3.56. The van der Waals surface area contributed by atoms with Crippen molar-refractivity contribution < 1.29 is 27.8 Å². The second kappa shape index (κ2) is 10.8. The lowest BCUT2D eigenvalue weighted by Gasteiger charge is -2.26. The first-order valence-electron chi connectivity index (χ1n) is 11.6. The Morgan fingerprint density at radius 1 is 0.943 bits per heavy atom. The number of hydrogen-bond acceptors (Lipinski definition) is 4. The molecule has 0 bridgehead atoms. The van der Waals surface area contributed by atoms with Crippen LogP contribution in [0, 0.1) is 0 Å². The number of aromatic hydroxyl groups is 1. The van der Waals surface area contributed by atoms with Crippen molar-refractivity contribution in [1.29, 1.82) is 0 Å². The van der Waals surface area contributed by atoms with E-state index in [1.165, 1.54) is 55.7 Å². The molecule has 1 amide bonds. The van der Waals surface area contributed by atoms with Crippen molar-refractivity contribution in [2.24, 2.45) is 0 Å². The second-order valence-corrected chi connectivity index (χ2v) is 8.50. The number of phenolic OH excluding ortho intramolecular Hbond substituents is 1. The molecule has 1 aliphatic heterocycles. The van der Waals surface area contributed by atoms with Crippen LogP contribution in [0.5, 0.6) is 11.5 Å². The molecule has 5 nitrogen and oxygen atoms in total. The molecule has 1 fully saturated rings. The Labute approximate surface area is 202 Å². The van der Waals surface area contributed by atoms with Gasteiger partial charge in [-0.25, -0.2) is 0 Å². The number of alkyl halides is 3. The molecular formula is C27H27F3N2O3. The van der Waals surface area contributed by atoms with Gasteiger partial charge < -0.3 is 15.2 Å². The van der Waals surface area contributed by atoms with Gasteiger partial charge in [0.05, 0.1) is 11.1 Å². The summed E-state index contributed by atoms with van der Waals surface area (Å²) >= 11 is 0. The van der Waals surface area contributed by atoms with Crippen molar-refractivity contribution in [3.8, 4) is 22.6 Å². The highest BCUT2D eigenvalue weighted by Gasteiger charge is 2.38. The molecule has 1 aliphatic rings. The third-order valence-electron chi connectivity index (χ3n) is 6.01. The number of ether oxygens (including phenoxy) is 1. The van der Waals surface area contributed by atoms with E-state index in [0.29, 0.717) is 18.0 Å². The van der Waals surface area contributed by atoms with Gasteiger partial charge in [-0.1, -0.05) is 30.7 Å². The first-order valence-corrected chi connectivity index (χ1v) is 11.6. The molecule has 0 spiro atoms. The quantitative estimate of drug-likeness (QED) is 0.420. The fraction of sp³-hybridized carbons (Fsp3) is 0.296. The van der Waals surface area contributed by atoms with E-state index in [4.69, 9.17) is 4.74 Å². The zero-order valence-electron chi connectivity index (χ0n) is 19.1. The van der Waals surface area contributed by atoms with Gasteiger partial charge >= 0.3 is 6.18 Å². The van der Waals surface area contributed by atoms with E-state index in [1.54, 1.807) is 24.3 Å². The SMILES string of the molecule is O=C(Nc1ccc(OCCN2CCCCC2)cc1)c1cccc(-c2ccc(O)cc2)c1C(F)(F)F. The largest absolute Gasteiger partial charge is 0.508 e. The molecule has 0 saturated carbocycles. The standard InChI is InChI=1S/C27H27F3N2O3/c28-27(29,30)25-23(19-7-11-21(33)12-8-19)5-4-6-24(25)26(34)31-20-9-13-22(14-10-20)35-18-17-32-15-2-1-3-16-32/h4-14,33H,1-3,15-18H2,(H,31,34). The number of amides is 1. The molecule has 8 heteroatoms. The molecule has 3 aromatic carbocycles. The summed E-state index contributed by atoms with van der Waals surface area (Å²) < 4.78 is 47.9. The lowest BCUT2D eigenvalue weighted by molar-refractivity contribution is -0.137. The molecule has 184 valence electrons. The number of anilines is 1. The minimum Gasteiger partial charge on any atom is -0.508 e. The number of carbonyl (C=O) groups is 1. The molecule has 0 unspecified atom stereocenters. The van der Waals surface area contributed by atoms with Gasteiger partial charge in [0.25, 0.3) is 5.91 Å². The molecule has 0 radical (unpaired) electrons. The highest BCUT2D eigenvalue weighted by molar-refractivity contribution is 6.06. The molecular weight excluding hydrogens is 457 g/mol. The molecule has 35 heavy (non-hydrogen) atoms. The van der Waals surface area contributed by atoms with Crippen LogP contribution in [0.4, 0.5) is 18.9 Å². The zero-order valence-corrected chi connectivity index (χ0v) is 19.1. The molecule has 0 atom stereocenters. The number of benzene rings is 3. The van der Waals surface area contributed by atoms with Crippen molar-refractivity contribution >= 4 is 11.6 Å². The molecule has 0 aliphatic carbocycles. The second-order valence-electron chi connectivity index (χ2n) is 8.50. The molecule has 1 saturated heterocycles. The van der Waals surface area contributed by atoms with Crippen LogP contribution in [0.3, 0.4) is 0 Å². The van der Waals surface area contributed by atoms with Gasteiger partial charge in [-0.2, -0.15) is 13.2 Å². The van der Waals surface area contributed by atoms with Crippen LogP contribution in [0.1, 0.15) is 35.2 Å². The number of carbonyl (C=O) groups excluding carboxylic acids is 1. The number of phenols is 1. The van der Waals surface area contributed by atoms with Crippen molar-refractivity contribution in [2.75, 3.05) is 31.6 Å². The topological polar surface area (TPSA) is 61.8 Å². The van der Waals surface area contributed by atoms with Crippen molar-refractivity contribution in [1.82, 2.24) is 4.90 Å². The Morgan fingerprint density at radius 3 is 2.29 bits per heavy atom. The average molecular weight is 485 g/mol. The first kappa shape index (κ1) is 24.6. The summed E-state index contributed by atoms with van der Waals surface area (Å²) in [7, 11) is 0. The van der Waals surface area contributed by atoms with Gasteiger partial charge in [-0.15, -0.1) is 0 Å². The predicted octanol–water partition coefficient (Wildman–Crippen LogP) is 6.20. The average Bonchev–Trinajstić information content (AvgIpc) is 2.85. The number of piperidine rings is 1. The predicted molar refractivity (Wildman–Crippen MR) is 129 cm³/mol. The third kappa shape index (κ3) is 6.33. The summed E-state index contributed by atoms with van der Waals surface area (Å²) in [5.74, 6) is -0.294. The van der Waals surface area contributed by atoms with E-state index in [0.717, 1.165) is 25.7 Å². The van der Waals surface area contributed by atoms with Gasteiger partial charge in [0.1, 0.15) is 18.1 Å². The minimum absolute atomic E-state index is 0.0601. The Hall–Kier alpha value is -3.52. The highest BCUT2D eigenvalue weighted by atomic mass is 19.4. The summed E-state index contributed by atoms with van der Waals surface area (Å²) in [5, 5.41) is 12.0. The number of hydrogen-bond donors (Lipinski definition) is 2. The zero-order chi connectivity index (χ0) is 24.8. The van der Waals surface area contributed by atoms with Crippen LogP contribution in [0.15, 0.2) is 66.7 Å². The Morgan fingerprint density at radius 2 is 1.63 bits per heavy atom. The third-order valence-corrected chi connectivity index (χ3v) is 6.01. The lowest BCUT2D eigenvalue weighted by atomic mass is 9.94. The molecule has 0 aromatic heterocycles. The van der Waals surface area contributed by atoms with Crippen LogP contribution in [0.2, 0.25) is 0 Å². The summed E-state index contributed by atoms with van der Waals surface area (Å²) in [6, 6.07) is 15.8. The minimum atomic E-state index is -4.76. The number of likely N-dealkylation sites (tertiary alicyclic amines) is 1. The van der Waals surface area contributed by atoms with Gasteiger partial charge in [-0.05, 0) is 79.5 Å². The Bertz CT molecular complexity index is 1140.